The first-order valence-corrected chi connectivity index (χ1v) is 4.66. The minimum absolute atomic E-state index is 0.953. The lowest BCUT2D eigenvalue weighted by atomic mass is 9.80. The molecule has 1 radical (unpaired) electrons. The van der Waals surface area contributed by atoms with E-state index in [9.17, 15) is 0 Å². The Bertz CT molecular complexity index is 84.0. The van der Waals surface area contributed by atoms with Gasteiger partial charge in [0.2, 0.25) is 0 Å². The predicted molar refractivity (Wildman–Crippen MR) is 45.7 cm³/mol. The van der Waals surface area contributed by atoms with E-state index in [2.05, 4.69) is 20.3 Å². The molecule has 0 nitrogen and oxygen atoms in total. The van der Waals surface area contributed by atoms with Gasteiger partial charge < -0.3 is 0 Å². The molecule has 0 amide bonds. The highest BCUT2D eigenvalue weighted by atomic mass is 14.2. The Morgan fingerprint density at radius 2 is 2.20 bits per heavy atom. The third kappa shape index (κ3) is 2.32. The minimum atomic E-state index is 0.953. The van der Waals surface area contributed by atoms with Gasteiger partial charge in [-0.15, -0.1) is 0 Å². The molecule has 0 spiro atoms. The molecule has 1 rings (SSSR count). The molecule has 0 heterocycles. The van der Waals surface area contributed by atoms with Crippen LogP contribution in [0.2, 0.25) is 0 Å². The van der Waals surface area contributed by atoms with Crippen molar-refractivity contribution in [2.24, 2.45) is 11.8 Å². The van der Waals surface area contributed by atoms with Gasteiger partial charge >= 0.3 is 0 Å². The largest absolute Gasteiger partial charge is 0.0651 e. The molecule has 0 N–H and O–H groups in total. The molecule has 2 atom stereocenters. The van der Waals surface area contributed by atoms with Crippen molar-refractivity contribution in [2.75, 3.05) is 0 Å². The smallest absolute Gasteiger partial charge is 0.0357 e. The second kappa shape index (κ2) is 4.00. The van der Waals surface area contributed by atoms with Crippen LogP contribution in [0.4, 0.5) is 0 Å². The van der Waals surface area contributed by atoms with Gasteiger partial charge in [0.05, 0.1) is 0 Å². The van der Waals surface area contributed by atoms with E-state index in [-0.39, 0.29) is 0 Å². The fraction of sp³-hybridized carbons (Fsp3) is 0.900. The lowest BCUT2D eigenvalue weighted by molar-refractivity contribution is 0.307. The van der Waals surface area contributed by atoms with E-state index >= 15 is 0 Å². The van der Waals surface area contributed by atoms with Gasteiger partial charge in [-0.3, -0.25) is 0 Å². The zero-order valence-electron chi connectivity index (χ0n) is 7.27. The SMILES string of the molecule is CC[CH]C1CCCC(C)C1. The van der Waals surface area contributed by atoms with Crippen molar-refractivity contribution in [3.05, 3.63) is 6.42 Å². The third-order valence-corrected chi connectivity index (χ3v) is 2.55. The highest BCUT2D eigenvalue weighted by Gasteiger charge is 2.17. The van der Waals surface area contributed by atoms with Crippen molar-refractivity contribution in [1.82, 2.24) is 0 Å². The summed E-state index contributed by atoms with van der Waals surface area (Å²) in [6, 6.07) is 0. The summed E-state index contributed by atoms with van der Waals surface area (Å²) in [6.07, 6.45) is 9.59. The van der Waals surface area contributed by atoms with Crippen molar-refractivity contribution >= 4 is 0 Å². The Balaban J connectivity index is 2.18. The molecule has 2 unspecified atom stereocenters. The van der Waals surface area contributed by atoms with Crippen molar-refractivity contribution in [1.29, 1.82) is 0 Å². The van der Waals surface area contributed by atoms with Crippen molar-refractivity contribution in [3.8, 4) is 0 Å². The molecule has 0 heteroatoms. The molecule has 1 fully saturated rings. The Labute approximate surface area is 65.0 Å². The lowest BCUT2D eigenvalue weighted by Crippen LogP contribution is -2.13. The number of rotatable bonds is 2. The molecule has 0 aromatic heterocycles. The molecule has 0 aromatic rings. The number of hydrogen-bond acceptors (Lipinski definition) is 0. The van der Waals surface area contributed by atoms with Crippen molar-refractivity contribution in [3.63, 3.8) is 0 Å². The summed E-state index contributed by atoms with van der Waals surface area (Å²) >= 11 is 0. The van der Waals surface area contributed by atoms with Gasteiger partial charge in [-0.05, 0) is 24.7 Å². The van der Waals surface area contributed by atoms with Gasteiger partial charge in [-0.1, -0.05) is 39.5 Å². The lowest BCUT2D eigenvalue weighted by Gasteiger charge is -2.25. The Morgan fingerprint density at radius 1 is 1.40 bits per heavy atom. The molecule has 0 bridgehead atoms. The van der Waals surface area contributed by atoms with E-state index in [0.29, 0.717) is 0 Å². The highest BCUT2D eigenvalue weighted by molar-refractivity contribution is 4.80. The van der Waals surface area contributed by atoms with Crippen LogP contribution in [-0.4, -0.2) is 0 Å². The molecule has 1 aliphatic carbocycles. The molecule has 1 aliphatic rings. The average molecular weight is 139 g/mol. The third-order valence-electron chi connectivity index (χ3n) is 2.55. The Morgan fingerprint density at radius 3 is 2.80 bits per heavy atom. The maximum atomic E-state index is 2.50. The number of hydrogen-bond donors (Lipinski definition) is 0. The van der Waals surface area contributed by atoms with Crippen LogP contribution in [0.3, 0.4) is 0 Å². The van der Waals surface area contributed by atoms with Crippen LogP contribution >= 0.6 is 0 Å². The first-order valence-electron chi connectivity index (χ1n) is 4.66. The van der Waals surface area contributed by atoms with Crippen molar-refractivity contribution < 1.29 is 0 Å². The predicted octanol–water partition coefficient (Wildman–Crippen LogP) is 3.43. The molecule has 1 saturated carbocycles. The van der Waals surface area contributed by atoms with Crippen LogP contribution in [0.5, 0.6) is 0 Å². The van der Waals surface area contributed by atoms with Gasteiger partial charge in [-0.2, -0.15) is 0 Å². The monoisotopic (exact) mass is 139 g/mol. The van der Waals surface area contributed by atoms with E-state index in [0.717, 1.165) is 11.8 Å². The van der Waals surface area contributed by atoms with Gasteiger partial charge in [0, 0.05) is 0 Å². The average Bonchev–Trinajstić information content (AvgIpc) is 1.88. The van der Waals surface area contributed by atoms with Crippen LogP contribution in [-0.2, 0) is 0 Å². The standard InChI is InChI=1S/C10H19/c1-3-5-10-7-4-6-9(2)8-10/h5,9-10H,3-4,6-8H2,1-2H3. The Hall–Kier alpha value is 0. The molecule has 0 aromatic carbocycles. The van der Waals surface area contributed by atoms with Crippen LogP contribution in [0.25, 0.3) is 0 Å². The van der Waals surface area contributed by atoms with Crippen LogP contribution in [0.1, 0.15) is 46.0 Å². The van der Waals surface area contributed by atoms with Crippen LogP contribution < -0.4 is 0 Å². The molecule has 59 valence electrons. The van der Waals surface area contributed by atoms with Gasteiger partial charge in [0.15, 0.2) is 0 Å². The van der Waals surface area contributed by atoms with Crippen molar-refractivity contribution in [2.45, 2.75) is 46.0 Å². The van der Waals surface area contributed by atoms with Crippen LogP contribution in [0, 0.1) is 18.3 Å². The normalized spacial score (nSPS) is 34.2. The summed E-state index contributed by atoms with van der Waals surface area (Å²) in [5.41, 5.74) is 0. The highest BCUT2D eigenvalue weighted by Crippen LogP contribution is 2.30. The fourth-order valence-electron chi connectivity index (χ4n) is 2.03. The summed E-state index contributed by atoms with van der Waals surface area (Å²) < 4.78 is 0. The molecule has 0 saturated heterocycles. The van der Waals surface area contributed by atoms with E-state index < -0.39 is 0 Å². The second-order valence-electron chi connectivity index (χ2n) is 3.68. The summed E-state index contributed by atoms with van der Waals surface area (Å²) in [7, 11) is 0. The van der Waals surface area contributed by atoms with Gasteiger partial charge in [0.25, 0.3) is 0 Å². The summed E-state index contributed by atoms with van der Waals surface area (Å²) in [5.74, 6) is 1.94. The molecule has 10 heavy (non-hydrogen) atoms. The first-order chi connectivity index (χ1) is 4.83. The maximum absolute atomic E-state index is 2.50. The summed E-state index contributed by atoms with van der Waals surface area (Å²) in [6.45, 7) is 4.63. The van der Waals surface area contributed by atoms with Gasteiger partial charge in [-0.25, -0.2) is 0 Å². The quantitative estimate of drug-likeness (QED) is 0.550. The fourth-order valence-corrected chi connectivity index (χ4v) is 2.03. The minimum Gasteiger partial charge on any atom is -0.0651 e. The molecule has 0 aliphatic heterocycles. The zero-order valence-corrected chi connectivity index (χ0v) is 7.27. The second-order valence-corrected chi connectivity index (χ2v) is 3.68. The van der Waals surface area contributed by atoms with E-state index in [1.54, 1.807) is 0 Å². The van der Waals surface area contributed by atoms with Crippen LogP contribution in [0.15, 0.2) is 0 Å². The van der Waals surface area contributed by atoms with E-state index in [1.165, 1.54) is 32.1 Å². The van der Waals surface area contributed by atoms with E-state index in [1.807, 2.05) is 0 Å². The maximum Gasteiger partial charge on any atom is -0.0357 e. The summed E-state index contributed by atoms with van der Waals surface area (Å²) in [5, 5.41) is 0. The van der Waals surface area contributed by atoms with Gasteiger partial charge in [0.1, 0.15) is 0 Å². The van der Waals surface area contributed by atoms with E-state index in [4.69, 9.17) is 0 Å². The summed E-state index contributed by atoms with van der Waals surface area (Å²) in [4.78, 5) is 0. The Kier molecular flexibility index (Phi) is 3.24. The zero-order chi connectivity index (χ0) is 7.40. The first kappa shape index (κ1) is 8.10. The topological polar surface area (TPSA) is 0 Å². The molecular formula is C10H19. The molecular weight excluding hydrogens is 120 g/mol.